The van der Waals surface area contributed by atoms with E-state index in [0.29, 0.717) is 10.0 Å². The fourth-order valence-corrected chi connectivity index (χ4v) is 4.08. The van der Waals surface area contributed by atoms with Gasteiger partial charge in [-0.1, -0.05) is 33.2 Å². The first-order chi connectivity index (χ1) is 11.9. The van der Waals surface area contributed by atoms with E-state index in [4.69, 9.17) is 10.6 Å². The summed E-state index contributed by atoms with van der Waals surface area (Å²) in [7, 11) is 0. The van der Waals surface area contributed by atoms with Crippen LogP contribution in [0, 0.1) is 44.8 Å². The van der Waals surface area contributed by atoms with Gasteiger partial charge in [-0.2, -0.15) is 15.8 Å². The van der Waals surface area contributed by atoms with Gasteiger partial charge in [-0.3, -0.25) is 0 Å². The van der Waals surface area contributed by atoms with Gasteiger partial charge in [0.1, 0.15) is 0 Å². The summed E-state index contributed by atoms with van der Waals surface area (Å²) in [5.41, 5.74) is 2.89. The van der Waals surface area contributed by atoms with Gasteiger partial charge in [0.25, 0.3) is 0 Å². The van der Waals surface area contributed by atoms with Crippen molar-refractivity contribution in [2.24, 2.45) is 21.7 Å². The highest BCUT2D eigenvalue weighted by molar-refractivity contribution is 9.10. The molecule has 2 aliphatic rings. The van der Waals surface area contributed by atoms with Crippen molar-refractivity contribution in [3.8, 4) is 18.2 Å². The molecule has 25 heavy (non-hydrogen) atoms. The third-order valence-corrected chi connectivity index (χ3v) is 5.25. The van der Waals surface area contributed by atoms with Crippen molar-refractivity contribution in [2.45, 2.75) is 12.8 Å². The number of rotatable bonds is 1. The number of carbonyl (C=O) groups excluding carboxylic acids is 1. The number of halogens is 1. The van der Waals surface area contributed by atoms with E-state index < -0.39 is 22.7 Å². The van der Waals surface area contributed by atoms with Crippen molar-refractivity contribution in [3.05, 3.63) is 45.6 Å². The Balaban J connectivity index is 2.46. The molecule has 122 valence electrons. The first kappa shape index (κ1) is 16.7. The van der Waals surface area contributed by atoms with Gasteiger partial charge in [0.2, 0.25) is 0 Å². The highest BCUT2D eigenvalue weighted by atomic mass is 79.9. The topological polar surface area (TPSA) is 136 Å². The lowest BCUT2D eigenvalue weighted by molar-refractivity contribution is -0.147. The lowest BCUT2D eigenvalue weighted by Crippen LogP contribution is -2.45. The van der Waals surface area contributed by atoms with Gasteiger partial charge in [-0.05, 0) is 24.6 Å². The molecule has 1 aliphatic heterocycles. The second kappa shape index (κ2) is 5.44. The summed E-state index contributed by atoms with van der Waals surface area (Å²) >= 11 is 3.34. The molecule has 1 aromatic carbocycles. The highest BCUT2D eigenvalue weighted by Gasteiger charge is 2.71. The maximum Gasteiger partial charge on any atom is 0.353 e. The van der Waals surface area contributed by atoms with Crippen molar-refractivity contribution in [1.82, 2.24) is 0 Å². The highest BCUT2D eigenvalue weighted by Crippen LogP contribution is 2.62. The number of nitriles is 3. The van der Waals surface area contributed by atoms with Crippen LogP contribution in [0.1, 0.15) is 18.4 Å². The fraction of sp³-hybridized carbons (Fsp3) is 0.235. The molecule has 0 unspecified atom stereocenters. The summed E-state index contributed by atoms with van der Waals surface area (Å²) in [5.74, 6) is -1.85. The predicted octanol–water partition coefficient (Wildman–Crippen LogP) is 2.24. The number of carbonyl (C=O) groups is 1. The summed E-state index contributed by atoms with van der Waals surface area (Å²) in [6, 6.07) is 12.5. The second-order valence-electron chi connectivity index (χ2n) is 5.78. The third-order valence-electron chi connectivity index (χ3n) is 4.76. The number of hydrogen-bond acceptors (Lipinski definition) is 7. The van der Waals surface area contributed by atoms with E-state index in [1.807, 2.05) is 18.2 Å². The summed E-state index contributed by atoms with van der Waals surface area (Å²) < 4.78 is 0.690. The number of benzene rings is 1. The molecule has 0 radical (unpaired) electrons. The predicted molar refractivity (Wildman–Crippen MR) is 89.0 cm³/mol. The Morgan fingerprint density at radius 2 is 2.00 bits per heavy atom. The van der Waals surface area contributed by atoms with Crippen LogP contribution in [0.2, 0.25) is 0 Å². The molecule has 0 amide bonds. The van der Waals surface area contributed by atoms with E-state index in [-0.39, 0.29) is 17.0 Å². The van der Waals surface area contributed by atoms with E-state index in [9.17, 15) is 20.6 Å². The lowest BCUT2D eigenvalue weighted by atomic mass is 9.62. The number of oxime groups is 1. The minimum Gasteiger partial charge on any atom is -0.400 e. The molecule has 1 aromatic rings. The lowest BCUT2D eigenvalue weighted by Gasteiger charge is -2.33. The van der Waals surface area contributed by atoms with Crippen LogP contribution in [-0.4, -0.2) is 11.7 Å². The normalized spacial score (nSPS) is 26.6. The zero-order valence-electron chi connectivity index (χ0n) is 12.9. The van der Waals surface area contributed by atoms with Crippen LogP contribution in [0.3, 0.4) is 0 Å². The maximum absolute atomic E-state index is 12.7. The Morgan fingerprint density at radius 3 is 2.48 bits per heavy atom. The molecular formula is C17H10BrN5O2. The molecule has 2 N–H and O–H groups in total. The van der Waals surface area contributed by atoms with Gasteiger partial charge in [-0.25, -0.2) is 4.79 Å². The molecule has 0 bridgehead atoms. The number of allylic oxidation sites excluding steroid dienone is 1. The maximum atomic E-state index is 12.7. The Hall–Kier alpha value is -3.15. The average Bonchev–Trinajstić information content (AvgIpc) is 3.02. The quantitative estimate of drug-likeness (QED) is 0.723. The molecule has 3 rings (SSSR count). The fourth-order valence-electron chi connectivity index (χ4n) is 3.67. The molecule has 8 heteroatoms. The van der Waals surface area contributed by atoms with E-state index >= 15 is 0 Å². The Labute approximate surface area is 151 Å². The van der Waals surface area contributed by atoms with Gasteiger partial charge in [0.05, 0.1) is 29.5 Å². The molecule has 1 spiro atoms. The number of hydrogen-bond donors (Lipinski definition) is 1. The van der Waals surface area contributed by atoms with Crippen molar-refractivity contribution < 1.29 is 9.63 Å². The molecule has 0 saturated heterocycles. The van der Waals surface area contributed by atoms with Crippen molar-refractivity contribution in [3.63, 3.8) is 0 Å². The van der Waals surface area contributed by atoms with Gasteiger partial charge in [-0.15, -0.1) is 0 Å². The summed E-state index contributed by atoms with van der Waals surface area (Å²) in [6.45, 7) is 1.53. The monoisotopic (exact) mass is 395 g/mol. The largest absolute Gasteiger partial charge is 0.400 e. The van der Waals surface area contributed by atoms with Gasteiger partial charge < -0.3 is 10.6 Å². The van der Waals surface area contributed by atoms with Crippen LogP contribution in [0.25, 0.3) is 0 Å². The van der Waals surface area contributed by atoms with Crippen LogP contribution in [0.4, 0.5) is 0 Å². The van der Waals surface area contributed by atoms with Crippen LogP contribution < -0.4 is 5.73 Å². The molecular weight excluding hydrogens is 386 g/mol. The SMILES string of the molecule is CC1=NOC(=O)[C@@]12C(N)=C(C#N)C(C#N)(C#N)[C@@H]2c1cccc(Br)c1. The van der Waals surface area contributed by atoms with Gasteiger partial charge >= 0.3 is 5.97 Å². The van der Waals surface area contributed by atoms with Gasteiger partial charge in [0, 0.05) is 16.1 Å². The molecule has 0 aromatic heterocycles. The standard InChI is InChI=1S/C17H10BrN5O2/c1-9-17(15(24)25-23-9)13(10-3-2-4-11(18)5-10)16(7-20,8-21)12(6-19)14(17)22/h2-5,13H,22H2,1H3/t13-,17-/m0/s1. The van der Waals surface area contributed by atoms with Crippen molar-refractivity contribution >= 4 is 27.6 Å². The molecule has 2 atom stereocenters. The smallest absolute Gasteiger partial charge is 0.353 e. The average molecular weight is 396 g/mol. The summed E-state index contributed by atoms with van der Waals surface area (Å²) in [4.78, 5) is 17.5. The molecule has 1 aliphatic carbocycles. The van der Waals surface area contributed by atoms with E-state index in [0.717, 1.165) is 0 Å². The van der Waals surface area contributed by atoms with Gasteiger partial charge in [0.15, 0.2) is 10.8 Å². The first-order valence-electron chi connectivity index (χ1n) is 7.15. The van der Waals surface area contributed by atoms with Crippen molar-refractivity contribution in [1.29, 1.82) is 15.8 Å². The van der Waals surface area contributed by atoms with E-state index in [1.165, 1.54) is 6.92 Å². The third kappa shape index (κ3) is 1.82. The van der Waals surface area contributed by atoms with Crippen LogP contribution in [-0.2, 0) is 9.63 Å². The molecule has 1 heterocycles. The Bertz CT molecular complexity index is 978. The zero-order chi connectivity index (χ0) is 18.4. The van der Waals surface area contributed by atoms with Crippen LogP contribution in [0.15, 0.2) is 45.2 Å². The van der Waals surface area contributed by atoms with Crippen LogP contribution in [0.5, 0.6) is 0 Å². The Morgan fingerprint density at radius 1 is 1.32 bits per heavy atom. The molecule has 0 fully saturated rings. The van der Waals surface area contributed by atoms with E-state index in [2.05, 4.69) is 21.1 Å². The summed E-state index contributed by atoms with van der Waals surface area (Å²) in [6.07, 6.45) is 0. The van der Waals surface area contributed by atoms with E-state index in [1.54, 1.807) is 24.3 Å². The zero-order valence-corrected chi connectivity index (χ0v) is 14.5. The molecule has 0 saturated carbocycles. The first-order valence-corrected chi connectivity index (χ1v) is 7.94. The Kier molecular flexibility index (Phi) is 3.64. The van der Waals surface area contributed by atoms with Crippen LogP contribution >= 0.6 is 15.9 Å². The molecule has 7 nitrogen and oxygen atoms in total. The van der Waals surface area contributed by atoms with Crippen molar-refractivity contribution in [2.75, 3.05) is 0 Å². The number of nitrogens with zero attached hydrogens (tertiary/aromatic N) is 4. The second-order valence-corrected chi connectivity index (χ2v) is 6.70. The minimum atomic E-state index is -1.93. The number of nitrogens with two attached hydrogens (primary N) is 1. The minimum absolute atomic E-state index is 0.160. The summed E-state index contributed by atoms with van der Waals surface area (Å²) in [5, 5.41) is 33.0.